The first-order chi connectivity index (χ1) is 11.6. The number of cyclic esters (lactones) is 1. The number of hydrogen-bond donors (Lipinski definition) is 0. The zero-order valence-corrected chi connectivity index (χ0v) is 14.4. The number of nitrogens with zero attached hydrogens (tertiary/aromatic N) is 1. The maximum Gasteiger partial charge on any atom is 0.349 e. The van der Waals surface area contributed by atoms with E-state index < -0.39 is 18.0 Å². The summed E-state index contributed by atoms with van der Waals surface area (Å²) in [5.74, 6) is -0.970. The van der Waals surface area contributed by atoms with Crippen molar-refractivity contribution in [2.24, 2.45) is 0 Å². The van der Waals surface area contributed by atoms with Crippen molar-refractivity contribution in [2.45, 2.75) is 25.6 Å². The Morgan fingerprint density at radius 1 is 1.25 bits per heavy atom. The monoisotopic (exact) mass is 359 g/mol. The van der Waals surface area contributed by atoms with Crippen LogP contribution in [0.2, 0.25) is 0 Å². The number of thiazole rings is 1. The van der Waals surface area contributed by atoms with Gasteiger partial charge in [0, 0.05) is 6.42 Å². The van der Waals surface area contributed by atoms with Crippen LogP contribution in [0.3, 0.4) is 0 Å². The number of esters is 2. The normalized spacial score (nSPS) is 20.3. The molecule has 1 fully saturated rings. The third-order valence-corrected chi connectivity index (χ3v) is 5.96. The highest BCUT2D eigenvalue weighted by Crippen LogP contribution is 2.34. The van der Waals surface area contributed by atoms with E-state index in [9.17, 15) is 9.59 Å². The van der Waals surface area contributed by atoms with E-state index in [1.807, 2.05) is 30.3 Å². The molecule has 4 rings (SSSR count). The fraction of sp³-hybridized carbons (Fsp3) is 0.235. The molecule has 24 heavy (non-hydrogen) atoms. The van der Waals surface area contributed by atoms with Crippen molar-refractivity contribution >= 4 is 44.8 Å². The summed E-state index contributed by atoms with van der Waals surface area (Å²) in [6, 6.07) is 11.5. The largest absolute Gasteiger partial charge is 0.460 e. The Morgan fingerprint density at radius 3 is 2.83 bits per heavy atom. The minimum absolute atomic E-state index is 0.211. The summed E-state index contributed by atoms with van der Waals surface area (Å²) in [4.78, 5) is 29.8. The lowest BCUT2D eigenvalue weighted by Crippen LogP contribution is -2.22. The molecule has 0 aliphatic carbocycles. The van der Waals surface area contributed by atoms with Gasteiger partial charge >= 0.3 is 11.9 Å². The zero-order valence-electron chi connectivity index (χ0n) is 12.7. The first-order valence-corrected chi connectivity index (χ1v) is 9.11. The molecular formula is C17H13NO4S2. The van der Waals surface area contributed by atoms with Crippen LogP contribution in [0, 0.1) is 0 Å². The molecule has 5 nitrogen and oxygen atoms in total. The second-order valence-corrected chi connectivity index (χ2v) is 7.64. The van der Waals surface area contributed by atoms with E-state index in [0.29, 0.717) is 11.3 Å². The molecule has 3 heterocycles. The molecule has 0 spiro atoms. The van der Waals surface area contributed by atoms with Gasteiger partial charge in [-0.15, -0.1) is 22.7 Å². The number of benzene rings is 1. The molecule has 1 aromatic carbocycles. The molecule has 7 heteroatoms. The molecule has 1 aliphatic heterocycles. The van der Waals surface area contributed by atoms with Crippen LogP contribution in [0.25, 0.3) is 20.1 Å². The van der Waals surface area contributed by atoms with Crippen LogP contribution in [0.1, 0.15) is 23.0 Å². The van der Waals surface area contributed by atoms with Gasteiger partial charge in [-0.25, -0.2) is 14.6 Å². The predicted octanol–water partition coefficient (Wildman–Crippen LogP) is 3.89. The summed E-state index contributed by atoms with van der Waals surface area (Å²) >= 11 is 2.90. The summed E-state index contributed by atoms with van der Waals surface area (Å²) < 4.78 is 11.4. The number of hydrogen-bond acceptors (Lipinski definition) is 7. The third-order valence-electron chi connectivity index (χ3n) is 3.69. The van der Waals surface area contributed by atoms with Crippen LogP contribution in [-0.2, 0) is 14.3 Å². The minimum Gasteiger partial charge on any atom is -0.460 e. The molecule has 0 saturated carbocycles. The SMILES string of the molecule is C[C@@H]1C[C@H](OC(=O)c2ccc(-c3nc4ccccc4s3)s2)C(=O)O1. The Kier molecular flexibility index (Phi) is 3.82. The molecule has 2 atom stereocenters. The van der Waals surface area contributed by atoms with E-state index in [-0.39, 0.29) is 6.10 Å². The minimum atomic E-state index is -0.805. The first kappa shape index (κ1) is 15.3. The number of aromatic nitrogens is 1. The van der Waals surface area contributed by atoms with Crippen LogP contribution < -0.4 is 0 Å². The van der Waals surface area contributed by atoms with Crippen LogP contribution in [0.4, 0.5) is 0 Å². The van der Waals surface area contributed by atoms with Crippen LogP contribution in [-0.4, -0.2) is 29.1 Å². The molecule has 1 saturated heterocycles. The van der Waals surface area contributed by atoms with Crippen molar-refractivity contribution in [2.75, 3.05) is 0 Å². The van der Waals surface area contributed by atoms with Gasteiger partial charge in [-0.2, -0.15) is 0 Å². The molecule has 2 aromatic heterocycles. The van der Waals surface area contributed by atoms with Crippen molar-refractivity contribution in [1.29, 1.82) is 0 Å². The average molecular weight is 359 g/mol. The number of ether oxygens (including phenoxy) is 2. The third kappa shape index (κ3) is 2.81. The topological polar surface area (TPSA) is 65.5 Å². The van der Waals surface area contributed by atoms with E-state index in [1.165, 1.54) is 11.3 Å². The van der Waals surface area contributed by atoms with Gasteiger partial charge < -0.3 is 9.47 Å². The molecule has 122 valence electrons. The number of thiophene rings is 1. The maximum absolute atomic E-state index is 12.2. The van der Waals surface area contributed by atoms with Crippen LogP contribution in [0.5, 0.6) is 0 Å². The molecule has 0 radical (unpaired) electrons. The molecule has 1 aliphatic rings. The second-order valence-electron chi connectivity index (χ2n) is 5.53. The van der Waals surface area contributed by atoms with Crippen molar-refractivity contribution in [1.82, 2.24) is 4.98 Å². The number of carbonyl (C=O) groups excluding carboxylic acids is 2. The lowest BCUT2D eigenvalue weighted by molar-refractivity contribution is -0.147. The highest BCUT2D eigenvalue weighted by Gasteiger charge is 2.35. The second kappa shape index (κ2) is 5.99. The van der Waals surface area contributed by atoms with Crippen molar-refractivity contribution in [3.8, 4) is 9.88 Å². The van der Waals surface area contributed by atoms with Gasteiger partial charge in [0.15, 0.2) is 0 Å². The van der Waals surface area contributed by atoms with Crippen LogP contribution in [0.15, 0.2) is 36.4 Å². The maximum atomic E-state index is 12.2. The molecule has 0 bridgehead atoms. The summed E-state index contributed by atoms with van der Waals surface area (Å²) in [6.07, 6.45) is -0.613. The fourth-order valence-corrected chi connectivity index (χ4v) is 4.45. The van der Waals surface area contributed by atoms with E-state index >= 15 is 0 Å². The molecule has 0 N–H and O–H groups in total. The summed E-state index contributed by atoms with van der Waals surface area (Å²) in [6.45, 7) is 1.78. The lowest BCUT2D eigenvalue weighted by Gasteiger charge is -2.06. The molecule has 0 unspecified atom stereocenters. The lowest BCUT2D eigenvalue weighted by atomic mass is 10.2. The van der Waals surface area contributed by atoms with Crippen molar-refractivity contribution < 1.29 is 19.1 Å². The summed E-state index contributed by atoms with van der Waals surface area (Å²) in [5, 5.41) is 0.870. The molecule has 3 aromatic rings. The smallest absolute Gasteiger partial charge is 0.349 e. The quantitative estimate of drug-likeness (QED) is 0.664. The van der Waals surface area contributed by atoms with E-state index in [0.717, 1.165) is 20.1 Å². The first-order valence-electron chi connectivity index (χ1n) is 7.47. The van der Waals surface area contributed by atoms with E-state index in [4.69, 9.17) is 9.47 Å². The molecular weight excluding hydrogens is 346 g/mol. The Hall–Kier alpha value is -2.25. The van der Waals surface area contributed by atoms with Gasteiger partial charge in [-0.1, -0.05) is 12.1 Å². The number of fused-ring (bicyclic) bond motifs is 1. The van der Waals surface area contributed by atoms with Gasteiger partial charge in [0.05, 0.1) is 15.1 Å². The van der Waals surface area contributed by atoms with Crippen LogP contribution >= 0.6 is 22.7 Å². The van der Waals surface area contributed by atoms with Crippen molar-refractivity contribution in [3.63, 3.8) is 0 Å². The van der Waals surface area contributed by atoms with Gasteiger partial charge in [-0.05, 0) is 31.2 Å². The number of para-hydroxylation sites is 1. The van der Waals surface area contributed by atoms with Gasteiger partial charge in [-0.3, -0.25) is 0 Å². The average Bonchev–Trinajstić information content (AvgIpc) is 3.25. The highest BCUT2D eigenvalue weighted by atomic mass is 32.1. The Bertz CT molecular complexity index is 896. The molecule has 0 amide bonds. The van der Waals surface area contributed by atoms with Gasteiger partial charge in [0.25, 0.3) is 0 Å². The zero-order chi connectivity index (χ0) is 16.7. The predicted molar refractivity (Wildman–Crippen MR) is 92.3 cm³/mol. The van der Waals surface area contributed by atoms with E-state index in [1.54, 1.807) is 24.3 Å². The Balaban J connectivity index is 1.54. The van der Waals surface area contributed by atoms with Crippen molar-refractivity contribution in [3.05, 3.63) is 41.3 Å². The summed E-state index contributed by atoms with van der Waals surface area (Å²) in [5.41, 5.74) is 0.942. The number of rotatable bonds is 3. The Labute approximate surface area is 145 Å². The summed E-state index contributed by atoms with van der Waals surface area (Å²) in [7, 11) is 0. The van der Waals surface area contributed by atoms with Gasteiger partial charge in [0.2, 0.25) is 6.10 Å². The van der Waals surface area contributed by atoms with E-state index in [2.05, 4.69) is 4.98 Å². The number of carbonyl (C=O) groups is 2. The van der Waals surface area contributed by atoms with Gasteiger partial charge in [0.1, 0.15) is 16.0 Å². The standard InChI is InChI=1S/C17H13NO4S2/c1-9-8-11(16(19)21-9)22-17(20)14-7-6-13(23-14)15-18-10-4-2-3-5-12(10)24-15/h2-7,9,11H,8H2,1H3/t9-,11+/m1/s1. The Morgan fingerprint density at radius 2 is 2.08 bits per heavy atom. The highest BCUT2D eigenvalue weighted by molar-refractivity contribution is 7.26. The fourth-order valence-electron chi connectivity index (χ4n) is 2.54.